The maximum absolute atomic E-state index is 13.5. The quantitative estimate of drug-likeness (QED) is 0.270. The fraction of sp³-hybridized carbons (Fsp3) is 0.0645. The second kappa shape index (κ2) is 10.7. The molecular weight excluding hydrogens is 444 g/mol. The zero-order valence-corrected chi connectivity index (χ0v) is 19.9. The summed E-state index contributed by atoms with van der Waals surface area (Å²) in [5, 5.41) is 6.46. The smallest absolute Gasteiger partial charge is 0.236 e. The van der Waals surface area contributed by atoms with Crippen LogP contribution >= 0.6 is 0 Å². The van der Waals surface area contributed by atoms with Crippen molar-refractivity contribution in [2.45, 2.75) is 12.8 Å². The van der Waals surface area contributed by atoms with Crippen molar-refractivity contribution in [3.63, 3.8) is 0 Å². The minimum absolute atomic E-state index is 0.0891. The molecule has 0 spiro atoms. The minimum atomic E-state index is -0.415. The molecule has 1 amide bonds. The lowest BCUT2D eigenvalue weighted by Crippen LogP contribution is -2.22. The first kappa shape index (κ1) is 23.0. The molecule has 0 saturated heterocycles. The molecule has 0 saturated carbocycles. The Morgan fingerprint density at radius 1 is 0.667 bits per heavy atom. The van der Waals surface area contributed by atoms with Crippen molar-refractivity contribution in [2.24, 2.45) is 0 Å². The zero-order chi connectivity index (χ0) is 24.7. The number of nitrogens with zero attached hydrogens (tertiary/aromatic N) is 2. The molecule has 4 aromatic carbocycles. The molecule has 0 unspecified atom stereocenters. The largest absolute Gasteiger partial charge is 0.340 e. The van der Waals surface area contributed by atoms with E-state index in [2.05, 4.69) is 20.6 Å². The number of rotatable bonds is 7. The molecule has 0 atom stereocenters. The highest BCUT2D eigenvalue weighted by Gasteiger charge is 2.22. The summed E-state index contributed by atoms with van der Waals surface area (Å²) in [5.74, 6) is 0.865. The van der Waals surface area contributed by atoms with E-state index in [1.807, 2.05) is 128 Å². The van der Waals surface area contributed by atoms with Gasteiger partial charge in [0.05, 0.1) is 11.6 Å². The normalized spacial score (nSPS) is 10.7. The van der Waals surface area contributed by atoms with E-state index in [-0.39, 0.29) is 5.91 Å². The van der Waals surface area contributed by atoms with Crippen LogP contribution in [0.2, 0.25) is 0 Å². The molecule has 5 heteroatoms. The SMILES string of the molecule is Cc1nc(Nc2cccc(NC(=O)C(c3ccccc3)c3ccccc3)c2)cc(-c2ccccc2)n1. The molecule has 0 aliphatic rings. The lowest BCUT2D eigenvalue weighted by Gasteiger charge is -2.18. The first-order valence-corrected chi connectivity index (χ1v) is 11.8. The van der Waals surface area contributed by atoms with Crippen molar-refractivity contribution in [1.29, 1.82) is 0 Å². The van der Waals surface area contributed by atoms with Crippen molar-refractivity contribution in [2.75, 3.05) is 10.6 Å². The summed E-state index contributed by atoms with van der Waals surface area (Å²) in [5.41, 5.74) is 5.29. The Balaban J connectivity index is 1.38. The average Bonchev–Trinajstić information content (AvgIpc) is 2.90. The molecule has 176 valence electrons. The highest BCUT2D eigenvalue weighted by molar-refractivity contribution is 5.98. The number of hydrogen-bond acceptors (Lipinski definition) is 4. The van der Waals surface area contributed by atoms with Crippen molar-refractivity contribution < 1.29 is 4.79 Å². The molecule has 2 N–H and O–H groups in total. The summed E-state index contributed by atoms with van der Waals surface area (Å²) < 4.78 is 0. The van der Waals surface area contributed by atoms with Gasteiger partial charge in [-0.25, -0.2) is 9.97 Å². The van der Waals surface area contributed by atoms with Crippen LogP contribution < -0.4 is 10.6 Å². The molecule has 0 aliphatic heterocycles. The van der Waals surface area contributed by atoms with Gasteiger partial charge in [0, 0.05) is 23.0 Å². The Labute approximate surface area is 210 Å². The van der Waals surface area contributed by atoms with Crippen LogP contribution in [0, 0.1) is 6.92 Å². The summed E-state index contributed by atoms with van der Waals surface area (Å²) in [4.78, 5) is 22.6. The second-order valence-electron chi connectivity index (χ2n) is 8.50. The second-order valence-corrected chi connectivity index (χ2v) is 8.50. The predicted octanol–water partition coefficient (Wildman–Crippen LogP) is 6.97. The van der Waals surface area contributed by atoms with Crippen LogP contribution in [-0.4, -0.2) is 15.9 Å². The molecule has 5 nitrogen and oxygen atoms in total. The number of aryl methyl sites for hydroxylation is 1. The van der Waals surface area contributed by atoms with E-state index in [4.69, 9.17) is 0 Å². The van der Waals surface area contributed by atoms with Crippen LogP contribution in [0.15, 0.2) is 121 Å². The number of nitrogens with one attached hydrogen (secondary N) is 2. The van der Waals surface area contributed by atoms with Crippen LogP contribution in [0.5, 0.6) is 0 Å². The van der Waals surface area contributed by atoms with Gasteiger partial charge in [0.1, 0.15) is 11.6 Å². The van der Waals surface area contributed by atoms with Gasteiger partial charge >= 0.3 is 0 Å². The Morgan fingerprint density at radius 3 is 1.89 bits per heavy atom. The van der Waals surface area contributed by atoms with Gasteiger partial charge < -0.3 is 10.6 Å². The zero-order valence-electron chi connectivity index (χ0n) is 19.9. The molecule has 5 aromatic rings. The molecule has 1 heterocycles. The maximum atomic E-state index is 13.5. The summed E-state index contributed by atoms with van der Waals surface area (Å²) in [6.45, 7) is 1.88. The van der Waals surface area contributed by atoms with Crippen molar-refractivity contribution in [3.8, 4) is 11.3 Å². The molecule has 5 rings (SSSR count). The molecule has 1 aromatic heterocycles. The number of hydrogen-bond donors (Lipinski definition) is 2. The highest BCUT2D eigenvalue weighted by atomic mass is 16.1. The van der Waals surface area contributed by atoms with E-state index in [1.165, 1.54) is 0 Å². The van der Waals surface area contributed by atoms with Gasteiger partial charge in [0.25, 0.3) is 0 Å². The third-order valence-electron chi connectivity index (χ3n) is 5.84. The molecule has 0 fully saturated rings. The average molecular weight is 471 g/mol. The van der Waals surface area contributed by atoms with Crippen LogP contribution in [-0.2, 0) is 4.79 Å². The lowest BCUT2D eigenvalue weighted by molar-refractivity contribution is -0.116. The van der Waals surface area contributed by atoms with Crippen molar-refractivity contribution in [1.82, 2.24) is 9.97 Å². The third kappa shape index (κ3) is 5.47. The summed E-state index contributed by atoms with van der Waals surface area (Å²) >= 11 is 0. The molecule has 36 heavy (non-hydrogen) atoms. The summed E-state index contributed by atoms with van der Waals surface area (Å²) in [7, 11) is 0. The number of benzene rings is 4. The van der Waals surface area contributed by atoms with Crippen molar-refractivity contribution in [3.05, 3.63) is 138 Å². The first-order valence-electron chi connectivity index (χ1n) is 11.8. The first-order chi connectivity index (χ1) is 17.7. The van der Waals surface area contributed by atoms with E-state index in [1.54, 1.807) is 0 Å². The van der Waals surface area contributed by atoms with Crippen molar-refractivity contribution >= 4 is 23.1 Å². The van der Waals surface area contributed by atoms with Gasteiger partial charge in [-0.2, -0.15) is 0 Å². The van der Waals surface area contributed by atoms with Gasteiger partial charge in [-0.15, -0.1) is 0 Å². The highest BCUT2D eigenvalue weighted by Crippen LogP contribution is 2.28. The van der Waals surface area contributed by atoms with Gasteiger partial charge in [0.15, 0.2) is 0 Å². The Bertz CT molecular complexity index is 1410. The predicted molar refractivity (Wildman–Crippen MR) is 145 cm³/mol. The number of amides is 1. The lowest BCUT2D eigenvalue weighted by atomic mass is 9.90. The van der Waals surface area contributed by atoms with Crippen LogP contribution in [0.25, 0.3) is 11.3 Å². The standard InChI is InChI=1S/C31H26N4O/c1-22-32-28(23-12-5-2-6-13-23)21-29(33-22)34-26-18-11-19-27(20-26)35-31(36)30(24-14-7-3-8-15-24)25-16-9-4-10-17-25/h2-21,30H,1H3,(H,35,36)(H,32,33,34). The minimum Gasteiger partial charge on any atom is -0.340 e. The number of aromatic nitrogens is 2. The van der Waals surface area contributed by atoms with Gasteiger partial charge in [0.2, 0.25) is 5.91 Å². The number of anilines is 3. The Hall–Kier alpha value is -4.77. The van der Waals surface area contributed by atoms with Gasteiger partial charge in [-0.1, -0.05) is 97.1 Å². The van der Waals surface area contributed by atoms with Crippen LogP contribution in [0.4, 0.5) is 17.2 Å². The van der Waals surface area contributed by atoms with Crippen LogP contribution in [0.1, 0.15) is 22.9 Å². The molecule has 0 bridgehead atoms. The molecular formula is C31H26N4O. The van der Waals surface area contributed by atoms with E-state index in [0.29, 0.717) is 17.3 Å². The van der Waals surface area contributed by atoms with E-state index >= 15 is 0 Å². The summed E-state index contributed by atoms with van der Waals surface area (Å²) in [6.07, 6.45) is 0. The van der Waals surface area contributed by atoms with E-state index in [0.717, 1.165) is 28.1 Å². The van der Waals surface area contributed by atoms with E-state index < -0.39 is 5.92 Å². The monoisotopic (exact) mass is 470 g/mol. The Morgan fingerprint density at radius 2 is 1.25 bits per heavy atom. The van der Waals surface area contributed by atoms with Crippen LogP contribution in [0.3, 0.4) is 0 Å². The topological polar surface area (TPSA) is 66.9 Å². The maximum Gasteiger partial charge on any atom is 0.236 e. The molecule has 0 radical (unpaired) electrons. The Kier molecular flexibility index (Phi) is 6.81. The van der Waals surface area contributed by atoms with E-state index in [9.17, 15) is 4.79 Å². The van der Waals surface area contributed by atoms with Gasteiger partial charge in [-0.3, -0.25) is 4.79 Å². The fourth-order valence-corrected chi connectivity index (χ4v) is 4.21. The fourth-order valence-electron chi connectivity index (χ4n) is 4.21. The summed E-state index contributed by atoms with van der Waals surface area (Å²) in [6, 6.07) is 39.2. The molecule has 0 aliphatic carbocycles. The number of carbonyl (C=O) groups excluding carboxylic acids is 1. The van der Waals surface area contributed by atoms with Gasteiger partial charge in [-0.05, 0) is 36.2 Å². The third-order valence-corrected chi connectivity index (χ3v) is 5.84. The number of carbonyl (C=O) groups is 1.